The zero-order chi connectivity index (χ0) is 18.5. The van der Waals surface area contributed by atoms with Gasteiger partial charge in [-0.25, -0.2) is 0 Å². The molecule has 0 aliphatic carbocycles. The van der Waals surface area contributed by atoms with Gasteiger partial charge in [0, 0.05) is 45.1 Å². The Kier molecular flexibility index (Phi) is 6.55. The molecule has 1 aromatic heterocycles. The molecular weight excluding hydrogens is 354 g/mol. The molecule has 2 amide bonds. The van der Waals surface area contributed by atoms with Crippen molar-refractivity contribution in [3.63, 3.8) is 0 Å². The number of hydrogen-bond donors (Lipinski definition) is 2. The Hall–Kier alpha value is -1.58. The first-order valence-electron chi connectivity index (χ1n) is 9.37. The van der Waals surface area contributed by atoms with E-state index in [1.54, 1.807) is 4.90 Å². The van der Waals surface area contributed by atoms with Crippen LogP contribution >= 0.6 is 11.3 Å². The highest BCUT2D eigenvalue weighted by atomic mass is 32.1. The Morgan fingerprint density at radius 3 is 2.81 bits per heavy atom. The topological polar surface area (TPSA) is 98.7 Å². The highest BCUT2D eigenvalue weighted by Gasteiger charge is 2.37. The molecule has 0 spiro atoms. The lowest BCUT2D eigenvalue weighted by atomic mass is 10.0. The molecule has 0 radical (unpaired) electrons. The van der Waals surface area contributed by atoms with Crippen LogP contribution in [0.2, 0.25) is 0 Å². The van der Waals surface area contributed by atoms with Gasteiger partial charge in [0.2, 0.25) is 16.9 Å². The lowest BCUT2D eigenvalue weighted by molar-refractivity contribution is -0.127. The fraction of sp³-hybridized carbons (Fsp3) is 0.765. The van der Waals surface area contributed by atoms with Crippen molar-refractivity contribution in [3.05, 3.63) is 5.01 Å². The number of rotatable bonds is 7. The lowest BCUT2D eigenvalue weighted by Gasteiger charge is -2.32. The van der Waals surface area contributed by atoms with E-state index in [1.165, 1.54) is 11.3 Å². The van der Waals surface area contributed by atoms with Crippen LogP contribution in [0.5, 0.6) is 0 Å². The van der Waals surface area contributed by atoms with Crippen molar-refractivity contribution in [2.24, 2.45) is 5.92 Å². The first-order valence-corrected chi connectivity index (χ1v) is 10.2. The number of nitrogens with one attached hydrogen (secondary N) is 1. The summed E-state index contributed by atoms with van der Waals surface area (Å²) in [5, 5.41) is 21.9. The Labute approximate surface area is 157 Å². The largest absolute Gasteiger partial charge is 0.395 e. The van der Waals surface area contributed by atoms with Crippen LogP contribution in [0, 0.1) is 5.92 Å². The van der Waals surface area contributed by atoms with Crippen LogP contribution in [0.4, 0.5) is 5.13 Å². The van der Waals surface area contributed by atoms with Crippen molar-refractivity contribution in [2.75, 3.05) is 37.7 Å². The number of carbonyl (C=O) groups is 2. The van der Waals surface area contributed by atoms with E-state index in [2.05, 4.69) is 27.3 Å². The molecule has 8 nitrogen and oxygen atoms in total. The molecule has 3 rings (SSSR count). The second-order valence-corrected chi connectivity index (χ2v) is 8.02. The Morgan fingerprint density at radius 2 is 2.12 bits per heavy atom. The van der Waals surface area contributed by atoms with Crippen molar-refractivity contribution in [1.29, 1.82) is 0 Å². The van der Waals surface area contributed by atoms with Crippen LogP contribution in [-0.4, -0.2) is 70.8 Å². The number of nitrogens with zero attached hydrogens (tertiary/aromatic N) is 4. The van der Waals surface area contributed by atoms with Gasteiger partial charge in [-0.3, -0.25) is 14.5 Å². The molecule has 0 bridgehead atoms. The monoisotopic (exact) mass is 381 g/mol. The second-order valence-electron chi connectivity index (χ2n) is 6.98. The van der Waals surface area contributed by atoms with Crippen LogP contribution in [0.25, 0.3) is 0 Å². The van der Waals surface area contributed by atoms with Gasteiger partial charge in [0.25, 0.3) is 0 Å². The van der Waals surface area contributed by atoms with Gasteiger partial charge >= 0.3 is 0 Å². The average molecular weight is 382 g/mol. The molecule has 2 fully saturated rings. The van der Waals surface area contributed by atoms with Gasteiger partial charge in [0.15, 0.2) is 0 Å². The fourth-order valence-electron chi connectivity index (χ4n) is 3.50. The average Bonchev–Trinajstić information content (AvgIpc) is 3.24. The summed E-state index contributed by atoms with van der Waals surface area (Å²) < 4.78 is 0. The van der Waals surface area contributed by atoms with E-state index in [0.29, 0.717) is 18.2 Å². The minimum absolute atomic E-state index is 0.0419. The number of carbonyl (C=O) groups excluding carboxylic acids is 2. The summed E-state index contributed by atoms with van der Waals surface area (Å²) in [4.78, 5) is 28.7. The maximum absolute atomic E-state index is 12.6. The first kappa shape index (κ1) is 19.2. The van der Waals surface area contributed by atoms with Gasteiger partial charge in [-0.05, 0) is 19.3 Å². The Morgan fingerprint density at radius 1 is 1.35 bits per heavy atom. The summed E-state index contributed by atoms with van der Waals surface area (Å²) in [7, 11) is 0. The first-order chi connectivity index (χ1) is 12.6. The number of β-amino-alcohol motifs (C(OH)–C–C–N with tert-alkyl or cyclic N) is 1. The van der Waals surface area contributed by atoms with Crippen LogP contribution in [-0.2, 0) is 16.0 Å². The van der Waals surface area contributed by atoms with Gasteiger partial charge in [0.1, 0.15) is 5.01 Å². The molecule has 2 saturated heterocycles. The molecule has 2 aliphatic heterocycles. The van der Waals surface area contributed by atoms with Crippen LogP contribution in [0.1, 0.15) is 37.6 Å². The standard InChI is InChI=1S/C17H27N5O3S/c1-2-3-14-19-20-17(26-14)22-11-12(10-15(22)24)16(25)18-13-4-6-21(7-5-13)8-9-23/h12-13,23H,2-11H2,1H3,(H,18,25). The van der Waals surface area contributed by atoms with E-state index >= 15 is 0 Å². The zero-order valence-corrected chi connectivity index (χ0v) is 16.0. The lowest BCUT2D eigenvalue weighted by Crippen LogP contribution is -2.47. The van der Waals surface area contributed by atoms with Gasteiger partial charge in [-0.2, -0.15) is 0 Å². The zero-order valence-electron chi connectivity index (χ0n) is 15.2. The van der Waals surface area contributed by atoms with Crippen molar-refractivity contribution < 1.29 is 14.7 Å². The van der Waals surface area contributed by atoms with E-state index in [-0.39, 0.29) is 36.8 Å². The summed E-state index contributed by atoms with van der Waals surface area (Å²) >= 11 is 1.44. The minimum Gasteiger partial charge on any atom is -0.395 e. The summed E-state index contributed by atoms with van der Waals surface area (Å²) in [5.74, 6) is -0.418. The summed E-state index contributed by atoms with van der Waals surface area (Å²) in [6.45, 7) is 5.08. The Bertz CT molecular complexity index is 630. The minimum atomic E-state index is -0.323. The van der Waals surface area contributed by atoms with E-state index in [1.807, 2.05) is 0 Å². The number of aliphatic hydroxyl groups excluding tert-OH is 1. The van der Waals surface area contributed by atoms with E-state index in [9.17, 15) is 9.59 Å². The predicted molar refractivity (Wildman–Crippen MR) is 99.1 cm³/mol. The van der Waals surface area contributed by atoms with Crippen molar-refractivity contribution in [2.45, 2.75) is 45.1 Å². The Balaban J connectivity index is 1.50. The second kappa shape index (κ2) is 8.88. The molecule has 3 heterocycles. The molecule has 1 unspecified atom stereocenters. The van der Waals surface area contributed by atoms with Crippen molar-refractivity contribution in [3.8, 4) is 0 Å². The third-order valence-electron chi connectivity index (χ3n) is 5.00. The predicted octanol–water partition coefficient (Wildman–Crippen LogP) is 0.416. The number of aliphatic hydroxyl groups is 1. The summed E-state index contributed by atoms with van der Waals surface area (Å²) in [5.41, 5.74) is 0. The third-order valence-corrected chi connectivity index (χ3v) is 6.00. The number of aryl methyl sites for hydroxylation is 1. The van der Waals surface area contributed by atoms with Crippen LogP contribution < -0.4 is 10.2 Å². The number of anilines is 1. The van der Waals surface area contributed by atoms with E-state index in [4.69, 9.17) is 5.11 Å². The number of likely N-dealkylation sites (tertiary alicyclic amines) is 1. The molecular formula is C17H27N5O3S. The van der Waals surface area contributed by atoms with Gasteiger partial charge < -0.3 is 15.3 Å². The number of piperidine rings is 1. The molecule has 0 saturated carbocycles. The quantitative estimate of drug-likeness (QED) is 0.710. The van der Waals surface area contributed by atoms with Crippen molar-refractivity contribution >= 4 is 28.3 Å². The molecule has 1 aromatic rings. The smallest absolute Gasteiger partial charge is 0.229 e. The summed E-state index contributed by atoms with van der Waals surface area (Å²) in [6.07, 6.45) is 3.85. The molecule has 1 atom stereocenters. The van der Waals surface area contributed by atoms with Gasteiger partial charge in [0.05, 0.1) is 12.5 Å². The molecule has 144 valence electrons. The maximum atomic E-state index is 12.6. The molecule has 2 aliphatic rings. The molecule has 9 heteroatoms. The highest BCUT2D eigenvalue weighted by Crippen LogP contribution is 2.28. The number of aromatic nitrogens is 2. The highest BCUT2D eigenvalue weighted by molar-refractivity contribution is 7.15. The van der Waals surface area contributed by atoms with Gasteiger partial charge in [-0.15, -0.1) is 10.2 Å². The molecule has 2 N–H and O–H groups in total. The van der Waals surface area contributed by atoms with Gasteiger partial charge in [-0.1, -0.05) is 18.3 Å². The fourth-order valence-corrected chi connectivity index (χ4v) is 4.46. The number of hydrogen-bond acceptors (Lipinski definition) is 7. The summed E-state index contributed by atoms with van der Waals surface area (Å²) in [6, 6.07) is 0.152. The van der Waals surface area contributed by atoms with Crippen LogP contribution in [0.3, 0.4) is 0 Å². The third kappa shape index (κ3) is 4.57. The molecule has 26 heavy (non-hydrogen) atoms. The number of amides is 2. The van der Waals surface area contributed by atoms with E-state index in [0.717, 1.165) is 43.8 Å². The SMILES string of the molecule is CCCc1nnc(N2CC(C(=O)NC3CCN(CCO)CC3)CC2=O)s1. The normalized spacial score (nSPS) is 22.2. The van der Waals surface area contributed by atoms with E-state index < -0.39 is 0 Å². The maximum Gasteiger partial charge on any atom is 0.229 e. The molecule has 0 aromatic carbocycles. The van der Waals surface area contributed by atoms with Crippen molar-refractivity contribution in [1.82, 2.24) is 20.4 Å². The van der Waals surface area contributed by atoms with Crippen LogP contribution in [0.15, 0.2) is 0 Å².